The van der Waals surface area contributed by atoms with E-state index in [-0.39, 0.29) is 76.4 Å². The van der Waals surface area contributed by atoms with Gasteiger partial charge >= 0.3 is 6.18 Å². The Bertz CT molecular complexity index is 3120. The van der Waals surface area contributed by atoms with Crippen molar-refractivity contribution in [2.45, 2.75) is 228 Å². The van der Waals surface area contributed by atoms with Gasteiger partial charge in [-0.1, -0.05) is 95.7 Å². The summed E-state index contributed by atoms with van der Waals surface area (Å²) in [4.78, 5) is 191. The number of piperidine rings is 1. The fourth-order valence-corrected chi connectivity index (χ4v) is 16.0. The second-order valence-electron chi connectivity index (χ2n) is 29.6. The highest BCUT2D eigenvalue weighted by Crippen LogP contribution is 2.38. The van der Waals surface area contributed by atoms with E-state index in [4.69, 9.17) is 16.3 Å². The van der Waals surface area contributed by atoms with E-state index >= 15 is 28.8 Å². The number of nitrogens with one attached hydrogen (secondary N) is 3. The number of carbonyl (C=O) groups is 12. The Morgan fingerprint density at radius 3 is 1.82 bits per heavy atom. The van der Waals surface area contributed by atoms with Crippen molar-refractivity contribution in [3.8, 4) is 0 Å². The molecule has 3 N–H and O–H groups in total. The van der Waals surface area contributed by atoms with Crippen LogP contribution in [-0.2, 0) is 74.9 Å². The summed E-state index contributed by atoms with van der Waals surface area (Å²) in [7, 11) is 11.3. The van der Waals surface area contributed by atoms with E-state index in [1.54, 1.807) is 4.90 Å². The summed E-state index contributed by atoms with van der Waals surface area (Å²) in [6.07, 6.45) is 6.51. The van der Waals surface area contributed by atoms with E-state index in [0.29, 0.717) is 63.6 Å². The van der Waals surface area contributed by atoms with Gasteiger partial charge in [-0.3, -0.25) is 57.5 Å². The zero-order valence-electron chi connectivity index (χ0n) is 61.0. The van der Waals surface area contributed by atoms with Gasteiger partial charge < -0.3 is 64.8 Å². The predicted molar refractivity (Wildman–Crippen MR) is 371 cm³/mol. The van der Waals surface area contributed by atoms with Gasteiger partial charge in [0.1, 0.15) is 47.8 Å². The molecule has 25 nitrogen and oxygen atoms in total. The zero-order chi connectivity index (χ0) is 74.2. The van der Waals surface area contributed by atoms with Crippen LogP contribution in [-0.4, -0.2) is 265 Å². The third-order valence-electron chi connectivity index (χ3n) is 21.8. The van der Waals surface area contributed by atoms with Crippen LogP contribution in [0.25, 0.3) is 0 Å². The Kier molecular flexibility index (Phi) is 29.6. The van der Waals surface area contributed by atoms with Crippen LogP contribution in [0.2, 0.25) is 5.02 Å². The number of likely N-dealkylation sites (N-methyl/N-ethyl adjacent to an activating group) is 7. The lowest BCUT2D eigenvalue weighted by atomic mass is 9.81. The first-order chi connectivity index (χ1) is 47.8. The Labute approximate surface area is 598 Å². The lowest BCUT2D eigenvalue weighted by molar-refractivity contribution is -0.157. The van der Waals surface area contributed by atoms with Crippen LogP contribution in [0.3, 0.4) is 0 Å². The van der Waals surface area contributed by atoms with E-state index < -0.39 is 167 Å². The molecule has 1 aromatic carbocycles. The summed E-state index contributed by atoms with van der Waals surface area (Å²) >= 11 is 6.16. The van der Waals surface area contributed by atoms with Gasteiger partial charge in [0, 0.05) is 82.7 Å². The molecular formula is C72H110ClF3N12O13. The molecule has 7 atom stereocenters. The topological polar surface area (TPSA) is 279 Å². The summed E-state index contributed by atoms with van der Waals surface area (Å²) in [6.45, 7) is 2.75. The maximum atomic E-state index is 15.8. The molecular weight excluding hydrogens is 1330 g/mol. The number of benzene rings is 1. The van der Waals surface area contributed by atoms with E-state index in [9.17, 15) is 41.9 Å². The monoisotopic (exact) mass is 1440 g/mol. The van der Waals surface area contributed by atoms with Crippen molar-refractivity contribution < 1.29 is 75.4 Å². The normalized spacial score (nSPS) is 26.5. The molecule has 3 saturated carbocycles. The molecule has 6 aliphatic rings. The summed E-state index contributed by atoms with van der Waals surface area (Å²) in [5.41, 5.74) is -2.35. The number of alkyl halides is 3. The minimum atomic E-state index is -4.76. The van der Waals surface area contributed by atoms with Crippen LogP contribution >= 0.6 is 11.6 Å². The predicted octanol–water partition coefficient (Wildman–Crippen LogP) is 5.41. The molecule has 564 valence electrons. The molecule has 3 aliphatic carbocycles. The first-order valence-corrected chi connectivity index (χ1v) is 36.8. The Balaban J connectivity index is 1.29. The number of hydrogen-bond acceptors (Lipinski definition) is 13. The molecule has 1 spiro atoms. The third kappa shape index (κ3) is 21.1. The number of hydrogen-bond donors (Lipinski definition) is 3. The highest BCUT2D eigenvalue weighted by molar-refractivity contribution is 6.31. The van der Waals surface area contributed by atoms with Crippen LogP contribution in [0.4, 0.5) is 13.2 Å². The number of likely N-dealkylation sites (tertiary alicyclic amines) is 1. The number of ether oxygens (including phenoxy) is 1. The quantitative estimate of drug-likeness (QED) is 0.236. The van der Waals surface area contributed by atoms with Crippen LogP contribution in [0.15, 0.2) is 18.2 Å². The fourth-order valence-electron chi connectivity index (χ4n) is 15.7. The second kappa shape index (κ2) is 36.9. The number of carbonyl (C=O) groups excluding carboxylic acids is 12. The number of methoxy groups -OCH3 is 1. The molecule has 0 bridgehead atoms. The molecule has 0 aromatic heterocycles. The van der Waals surface area contributed by atoms with Gasteiger partial charge in [0.2, 0.25) is 70.9 Å². The number of aryl methyl sites for hydroxylation is 1. The molecule has 3 saturated heterocycles. The van der Waals surface area contributed by atoms with E-state index in [1.165, 1.54) is 87.0 Å². The van der Waals surface area contributed by atoms with Crippen LogP contribution in [0.1, 0.15) is 179 Å². The van der Waals surface area contributed by atoms with Gasteiger partial charge in [0.25, 0.3) is 0 Å². The maximum absolute atomic E-state index is 15.8. The summed E-state index contributed by atoms with van der Waals surface area (Å²) in [5.74, 6) is -8.44. The van der Waals surface area contributed by atoms with Gasteiger partial charge in [-0.05, 0) is 125 Å². The highest BCUT2D eigenvalue weighted by atomic mass is 35.5. The van der Waals surface area contributed by atoms with Crippen molar-refractivity contribution >= 4 is 82.5 Å². The summed E-state index contributed by atoms with van der Waals surface area (Å²) in [5, 5.41) is 8.09. The first kappa shape index (κ1) is 81.2. The van der Waals surface area contributed by atoms with Crippen molar-refractivity contribution in [3.63, 3.8) is 0 Å². The van der Waals surface area contributed by atoms with Crippen LogP contribution in [0.5, 0.6) is 0 Å². The molecule has 12 amide bonds. The van der Waals surface area contributed by atoms with E-state index in [0.717, 1.165) is 84.6 Å². The largest absolute Gasteiger partial charge is 0.417 e. The van der Waals surface area contributed by atoms with Crippen molar-refractivity contribution in [2.75, 3.05) is 102 Å². The van der Waals surface area contributed by atoms with E-state index in [1.807, 2.05) is 13.8 Å². The highest BCUT2D eigenvalue weighted by Gasteiger charge is 2.51. The molecule has 3 aliphatic heterocycles. The third-order valence-corrected chi connectivity index (χ3v) is 22.1. The zero-order valence-corrected chi connectivity index (χ0v) is 61.7. The number of rotatable bonds is 12. The number of halogens is 4. The van der Waals surface area contributed by atoms with Crippen molar-refractivity contribution in [3.05, 3.63) is 34.3 Å². The van der Waals surface area contributed by atoms with Gasteiger partial charge in [0.15, 0.2) is 0 Å². The smallest absolute Gasteiger partial charge is 0.385 e. The molecule has 101 heavy (non-hydrogen) atoms. The minimum Gasteiger partial charge on any atom is -0.385 e. The Morgan fingerprint density at radius 2 is 1.21 bits per heavy atom. The van der Waals surface area contributed by atoms with Gasteiger partial charge in [-0.25, -0.2) is 0 Å². The minimum absolute atomic E-state index is 0.00746. The summed E-state index contributed by atoms with van der Waals surface area (Å²) < 4.78 is 47.0. The van der Waals surface area contributed by atoms with Crippen molar-refractivity contribution in [1.29, 1.82) is 0 Å². The molecule has 29 heteroatoms. The lowest BCUT2D eigenvalue weighted by Crippen LogP contribution is -2.65. The average Bonchev–Trinajstić information content (AvgIpc) is 1.60. The SMILES string of the molecule is COCC[C@@H]1NC(=O)[C@H](CC(C)C)N(C)C(=O)C[C@@H](C(=O)N2CCCCC2)N(C)C(=O)[C@H](C2CCCCC2)N(C)C(=O)C2(CCCC2)NC(=O)C2CCCN2C(=O)[C@H](CCc2ccc(C(F)(F)F)c(Cl)c2)NC(=O)CN(C)C(=O)[C@H](CC2CCCCC2)N(C)C(=O)CN(C)C(=O)CN(C)C1=O. The number of amides is 12. The number of fused-ring (bicyclic) bond motifs is 1. The Morgan fingerprint density at radius 1 is 0.614 bits per heavy atom. The Hall–Kier alpha value is -7.10. The maximum Gasteiger partial charge on any atom is 0.417 e. The van der Waals surface area contributed by atoms with Gasteiger partial charge in [-0.15, -0.1) is 0 Å². The molecule has 6 fully saturated rings. The lowest BCUT2D eigenvalue weighted by Gasteiger charge is -2.43. The molecule has 7 rings (SSSR count). The van der Waals surface area contributed by atoms with Crippen LogP contribution < -0.4 is 16.0 Å². The molecule has 1 unspecified atom stereocenters. The number of nitrogens with zero attached hydrogens (tertiary/aromatic N) is 9. The second-order valence-corrected chi connectivity index (χ2v) is 30.1. The fraction of sp³-hybridized carbons (Fsp3) is 0.750. The average molecular weight is 1440 g/mol. The summed E-state index contributed by atoms with van der Waals surface area (Å²) in [6, 6.07) is -5.68. The van der Waals surface area contributed by atoms with Crippen molar-refractivity contribution in [2.24, 2.45) is 17.8 Å². The molecule has 3 heterocycles. The van der Waals surface area contributed by atoms with Crippen molar-refractivity contribution in [1.82, 2.24) is 60.0 Å². The standard InChI is InChI=1S/C72H110ClF3N12O13/c1-46(2)39-55-63(93)78-53(32-38-101-10)65(95)82(5)44-60(91)80(3)45-61(92)84(7)56(41-47-23-14-11-15-24-47)67(97)81(4)43-58(89)77-52(31-29-48-28-30-50(51(73)40-48)72(74,75)76)66(96)88-37-22-27-54(88)64(94)79-71(33-18-19-34-71)70(100)86(9)62(49-25-16-12-17-26-49)69(99)85(8)57(42-59(90)83(55)6)68(98)87-35-20-13-21-36-87/h28,30,40,46-47,49,52-57,62H,11-27,29,31-39,41-45H2,1-10H3,(H,77,89)(H,78,93)(H,79,94)/t52-,53-,54?,55-,56-,57-,62-/m0/s1. The van der Waals surface area contributed by atoms with Gasteiger partial charge in [0.05, 0.1) is 36.6 Å². The molecule has 1 aromatic rings. The first-order valence-electron chi connectivity index (χ1n) is 36.4. The molecule has 0 radical (unpaired) electrons. The van der Waals surface area contributed by atoms with Gasteiger partial charge in [-0.2, -0.15) is 13.2 Å². The van der Waals surface area contributed by atoms with Crippen LogP contribution in [0, 0.1) is 17.8 Å². The van der Waals surface area contributed by atoms with E-state index in [2.05, 4.69) is 16.0 Å².